The maximum atomic E-state index is 10.8. The first-order chi connectivity index (χ1) is 9.38. The predicted octanol–water partition coefficient (Wildman–Crippen LogP) is 4.03. The molecular formula is C15H17N3O2. The second kappa shape index (κ2) is 5.28. The van der Waals surface area contributed by atoms with Crippen molar-refractivity contribution in [1.82, 2.24) is 4.98 Å². The Hall–Kier alpha value is -2.43. The number of benzene rings is 1. The SMILES string of the molecule is CC(C)(C)c1ccccc1Nc1cc([N+](=O)[O-])ccn1. The number of aromatic nitrogens is 1. The molecule has 0 saturated carbocycles. The lowest BCUT2D eigenvalue weighted by Gasteiger charge is -2.23. The minimum Gasteiger partial charge on any atom is -0.340 e. The molecule has 0 amide bonds. The van der Waals surface area contributed by atoms with Gasteiger partial charge in [0.1, 0.15) is 5.82 Å². The molecule has 1 N–H and O–H groups in total. The molecule has 0 atom stereocenters. The lowest BCUT2D eigenvalue weighted by atomic mass is 9.86. The fraction of sp³-hybridized carbons (Fsp3) is 0.267. The number of nitrogens with zero attached hydrogens (tertiary/aromatic N) is 2. The van der Waals surface area contributed by atoms with Gasteiger partial charge in [-0.05, 0) is 17.0 Å². The number of hydrogen-bond acceptors (Lipinski definition) is 4. The summed E-state index contributed by atoms with van der Waals surface area (Å²) < 4.78 is 0. The molecule has 0 aliphatic rings. The second-order valence-corrected chi connectivity index (χ2v) is 5.58. The van der Waals surface area contributed by atoms with Crippen LogP contribution in [0.2, 0.25) is 0 Å². The number of rotatable bonds is 3. The van der Waals surface area contributed by atoms with Crippen molar-refractivity contribution in [3.05, 3.63) is 58.3 Å². The van der Waals surface area contributed by atoms with Crippen LogP contribution in [0.5, 0.6) is 0 Å². The molecule has 20 heavy (non-hydrogen) atoms. The summed E-state index contributed by atoms with van der Waals surface area (Å²) in [6.45, 7) is 6.36. The molecule has 2 aromatic rings. The first-order valence-electron chi connectivity index (χ1n) is 6.35. The van der Waals surface area contributed by atoms with Gasteiger partial charge in [0.2, 0.25) is 0 Å². The van der Waals surface area contributed by atoms with Crippen LogP contribution in [0.4, 0.5) is 17.2 Å². The van der Waals surface area contributed by atoms with E-state index < -0.39 is 4.92 Å². The van der Waals surface area contributed by atoms with E-state index in [0.29, 0.717) is 5.82 Å². The van der Waals surface area contributed by atoms with Crippen LogP contribution in [0, 0.1) is 10.1 Å². The van der Waals surface area contributed by atoms with E-state index in [4.69, 9.17) is 0 Å². The zero-order chi connectivity index (χ0) is 14.8. The Morgan fingerprint density at radius 3 is 2.55 bits per heavy atom. The van der Waals surface area contributed by atoms with Gasteiger partial charge < -0.3 is 5.32 Å². The van der Waals surface area contributed by atoms with Gasteiger partial charge in [0.25, 0.3) is 5.69 Å². The third-order valence-electron chi connectivity index (χ3n) is 2.95. The van der Waals surface area contributed by atoms with Crippen molar-refractivity contribution >= 4 is 17.2 Å². The van der Waals surface area contributed by atoms with Crippen LogP contribution < -0.4 is 5.32 Å². The van der Waals surface area contributed by atoms with Crippen molar-refractivity contribution in [3.8, 4) is 0 Å². The highest BCUT2D eigenvalue weighted by atomic mass is 16.6. The number of pyridine rings is 1. The molecule has 0 aliphatic heterocycles. The van der Waals surface area contributed by atoms with Gasteiger partial charge in [0.05, 0.1) is 11.0 Å². The molecular weight excluding hydrogens is 254 g/mol. The molecule has 0 saturated heterocycles. The third kappa shape index (κ3) is 3.12. The highest BCUT2D eigenvalue weighted by Gasteiger charge is 2.18. The van der Waals surface area contributed by atoms with Crippen molar-refractivity contribution in [2.75, 3.05) is 5.32 Å². The van der Waals surface area contributed by atoms with Crippen LogP contribution in [0.25, 0.3) is 0 Å². The number of nitro groups is 1. The quantitative estimate of drug-likeness (QED) is 0.676. The molecule has 1 heterocycles. The van der Waals surface area contributed by atoms with Crippen LogP contribution in [0.3, 0.4) is 0 Å². The summed E-state index contributed by atoms with van der Waals surface area (Å²) in [5.41, 5.74) is 2.04. The van der Waals surface area contributed by atoms with E-state index in [1.165, 1.54) is 18.3 Å². The van der Waals surface area contributed by atoms with E-state index in [2.05, 4.69) is 31.1 Å². The normalized spacial score (nSPS) is 11.2. The molecule has 0 spiro atoms. The minimum absolute atomic E-state index is 0.0235. The van der Waals surface area contributed by atoms with Crippen LogP contribution >= 0.6 is 0 Å². The Morgan fingerprint density at radius 1 is 1.20 bits per heavy atom. The molecule has 0 aliphatic carbocycles. The van der Waals surface area contributed by atoms with Gasteiger partial charge in [-0.1, -0.05) is 39.0 Å². The van der Waals surface area contributed by atoms with Crippen molar-refractivity contribution in [3.63, 3.8) is 0 Å². The number of hydrogen-bond donors (Lipinski definition) is 1. The smallest absolute Gasteiger partial charge is 0.274 e. The van der Waals surface area contributed by atoms with Gasteiger partial charge in [-0.2, -0.15) is 0 Å². The minimum atomic E-state index is -0.428. The molecule has 0 radical (unpaired) electrons. The van der Waals surface area contributed by atoms with Gasteiger partial charge in [-0.15, -0.1) is 0 Å². The van der Waals surface area contributed by atoms with Gasteiger partial charge in [-0.3, -0.25) is 10.1 Å². The Morgan fingerprint density at radius 2 is 1.90 bits per heavy atom. The van der Waals surface area contributed by atoms with E-state index in [9.17, 15) is 10.1 Å². The van der Waals surface area contributed by atoms with Crippen LogP contribution in [-0.4, -0.2) is 9.91 Å². The van der Waals surface area contributed by atoms with E-state index in [0.717, 1.165) is 11.3 Å². The van der Waals surface area contributed by atoms with E-state index in [1.54, 1.807) is 0 Å². The van der Waals surface area contributed by atoms with Gasteiger partial charge in [0, 0.05) is 18.0 Å². The van der Waals surface area contributed by atoms with E-state index in [1.807, 2.05) is 24.3 Å². The molecule has 5 nitrogen and oxygen atoms in total. The standard InChI is InChI=1S/C15H17N3O2/c1-15(2,3)12-6-4-5-7-13(12)17-14-10-11(18(19)20)8-9-16-14/h4-10H,1-3H3,(H,16,17). The summed E-state index contributed by atoms with van der Waals surface area (Å²) in [5, 5.41) is 13.9. The van der Waals surface area contributed by atoms with E-state index >= 15 is 0 Å². The Labute approximate surface area is 117 Å². The molecule has 104 valence electrons. The Bertz CT molecular complexity index is 633. The molecule has 0 unspecified atom stereocenters. The van der Waals surface area contributed by atoms with E-state index in [-0.39, 0.29) is 11.1 Å². The van der Waals surface area contributed by atoms with Gasteiger partial charge in [-0.25, -0.2) is 4.98 Å². The molecule has 5 heteroatoms. The lowest BCUT2D eigenvalue weighted by molar-refractivity contribution is -0.384. The summed E-state index contributed by atoms with van der Waals surface area (Å²) >= 11 is 0. The topological polar surface area (TPSA) is 68.1 Å². The first-order valence-corrected chi connectivity index (χ1v) is 6.35. The van der Waals surface area contributed by atoms with Crippen molar-refractivity contribution in [1.29, 1.82) is 0 Å². The van der Waals surface area contributed by atoms with Crippen LogP contribution in [0.1, 0.15) is 26.3 Å². The highest BCUT2D eigenvalue weighted by Crippen LogP contribution is 2.31. The van der Waals surface area contributed by atoms with Crippen LogP contribution in [0.15, 0.2) is 42.6 Å². The maximum absolute atomic E-state index is 10.8. The van der Waals surface area contributed by atoms with Crippen molar-refractivity contribution in [2.45, 2.75) is 26.2 Å². The zero-order valence-corrected chi connectivity index (χ0v) is 11.8. The van der Waals surface area contributed by atoms with Gasteiger partial charge >= 0.3 is 0 Å². The third-order valence-corrected chi connectivity index (χ3v) is 2.95. The maximum Gasteiger partial charge on any atom is 0.274 e. The molecule has 2 rings (SSSR count). The first kappa shape index (κ1) is 14.0. The summed E-state index contributed by atoms with van der Waals surface area (Å²) in [4.78, 5) is 14.5. The predicted molar refractivity (Wildman–Crippen MR) is 79.3 cm³/mol. The fourth-order valence-electron chi connectivity index (χ4n) is 1.99. The fourth-order valence-corrected chi connectivity index (χ4v) is 1.99. The molecule has 0 bridgehead atoms. The Balaban J connectivity index is 2.36. The highest BCUT2D eigenvalue weighted by molar-refractivity contribution is 5.63. The number of anilines is 2. The Kier molecular flexibility index (Phi) is 3.70. The average Bonchev–Trinajstić information content (AvgIpc) is 2.38. The van der Waals surface area contributed by atoms with Crippen LogP contribution in [-0.2, 0) is 5.41 Å². The zero-order valence-electron chi connectivity index (χ0n) is 11.8. The largest absolute Gasteiger partial charge is 0.340 e. The summed E-state index contributed by atoms with van der Waals surface area (Å²) in [6, 6.07) is 10.7. The number of para-hydroxylation sites is 1. The van der Waals surface area contributed by atoms with Crippen molar-refractivity contribution < 1.29 is 4.92 Å². The summed E-state index contributed by atoms with van der Waals surface area (Å²) in [7, 11) is 0. The lowest BCUT2D eigenvalue weighted by Crippen LogP contribution is -2.13. The summed E-state index contributed by atoms with van der Waals surface area (Å²) in [5.74, 6) is 0.468. The summed E-state index contributed by atoms with van der Waals surface area (Å²) in [6.07, 6.45) is 1.43. The monoisotopic (exact) mass is 271 g/mol. The molecule has 1 aromatic carbocycles. The average molecular weight is 271 g/mol. The molecule has 1 aromatic heterocycles. The number of nitrogens with one attached hydrogen (secondary N) is 1. The van der Waals surface area contributed by atoms with Crippen molar-refractivity contribution in [2.24, 2.45) is 0 Å². The second-order valence-electron chi connectivity index (χ2n) is 5.58. The van der Waals surface area contributed by atoms with Gasteiger partial charge in [0.15, 0.2) is 0 Å². The molecule has 0 fully saturated rings.